The van der Waals surface area contributed by atoms with E-state index in [2.05, 4.69) is 20.6 Å². The molecule has 13 heteroatoms. The van der Waals surface area contributed by atoms with Crippen LogP contribution in [0.4, 0.5) is 26.3 Å². The third-order valence-electron chi connectivity index (χ3n) is 10.3. The maximum absolute atomic E-state index is 13.9. The van der Waals surface area contributed by atoms with E-state index in [4.69, 9.17) is 0 Å². The minimum absolute atomic E-state index is 0.212. The Morgan fingerprint density at radius 3 is 2.09 bits per heavy atom. The molecule has 0 unspecified atom stereocenters. The van der Waals surface area contributed by atoms with Gasteiger partial charge in [0.15, 0.2) is 5.84 Å². The van der Waals surface area contributed by atoms with Crippen LogP contribution >= 0.6 is 0 Å². The average molecular weight is 770 g/mol. The Hall–Kier alpha value is -5.98. The maximum atomic E-state index is 13.9. The minimum Gasteiger partial charge on any atom is -0.346 e. The summed E-state index contributed by atoms with van der Waals surface area (Å²) in [7, 11) is 0. The Bertz CT molecular complexity index is 2260. The first kappa shape index (κ1) is 38.3. The maximum Gasteiger partial charge on any atom is 0.416 e. The number of imidazole rings is 1. The van der Waals surface area contributed by atoms with E-state index in [-0.39, 0.29) is 17.8 Å². The van der Waals surface area contributed by atoms with Crippen molar-refractivity contribution < 1.29 is 35.9 Å². The van der Waals surface area contributed by atoms with Gasteiger partial charge in [0.1, 0.15) is 17.7 Å². The lowest BCUT2D eigenvalue weighted by Gasteiger charge is -2.31. The molecule has 56 heavy (non-hydrogen) atoms. The van der Waals surface area contributed by atoms with Gasteiger partial charge in [0.2, 0.25) is 5.91 Å². The molecule has 1 aliphatic heterocycles. The van der Waals surface area contributed by atoms with Crippen LogP contribution in [0.25, 0.3) is 22.3 Å². The lowest BCUT2D eigenvalue weighted by molar-refractivity contribution is -0.141. The number of fused-ring (bicyclic) bond motifs is 4. The molecule has 2 aliphatic rings. The standard InChI is InChI=1S/C43H37F6N5O2/c44-42(45,46)26-51-40(56)41(34-16-7-5-13-31(34)32-14-6-8-17-35(32)41)23-9-11-25-54-27-52-37-36(54)18-2-1-10-24-50-38(37)53-39(55)33-15-4-3-12-30(33)28-19-21-29(22-20-28)43(47,48)49/h3-8,10,12-17,19-22,24,27H,1-2,9,11,18,23,25-26H2,(H,51,56)(H,50,53,55)/b24-10-. The van der Waals surface area contributed by atoms with Crippen LogP contribution in [0.15, 0.2) is 121 Å². The van der Waals surface area contributed by atoms with E-state index in [1.165, 1.54) is 12.1 Å². The van der Waals surface area contributed by atoms with Crippen molar-refractivity contribution in [3.05, 3.63) is 149 Å². The molecule has 1 aliphatic carbocycles. The summed E-state index contributed by atoms with van der Waals surface area (Å²) in [5, 5.41) is 5.07. The summed E-state index contributed by atoms with van der Waals surface area (Å²) in [6.07, 6.45) is -0.462. The van der Waals surface area contributed by atoms with Crippen LogP contribution in [0.1, 0.15) is 70.5 Å². The molecule has 7 rings (SSSR count). The Balaban J connectivity index is 1.11. The van der Waals surface area contributed by atoms with Gasteiger partial charge in [-0.05, 0) is 90.1 Å². The second kappa shape index (κ2) is 15.6. The number of carbonyl (C=O) groups is 2. The molecule has 4 aromatic carbocycles. The summed E-state index contributed by atoms with van der Waals surface area (Å²) < 4.78 is 81.6. The summed E-state index contributed by atoms with van der Waals surface area (Å²) in [6.45, 7) is -0.952. The smallest absolute Gasteiger partial charge is 0.346 e. The van der Waals surface area contributed by atoms with Crippen molar-refractivity contribution in [1.29, 1.82) is 0 Å². The fraction of sp³-hybridized carbons (Fsp3) is 0.256. The van der Waals surface area contributed by atoms with Crippen molar-refractivity contribution in [2.75, 3.05) is 6.54 Å². The molecule has 7 nitrogen and oxygen atoms in total. The van der Waals surface area contributed by atoms with Gasteiger partial charge in [-0.2, -0.15) is 26.3 Å². The van der Waals surface area contributed by atoms with Crippen LogP contribution < -0.4 is 10.6 Å². The van der Waals surface area contributed by atoms with Gasteiger partial charge in [-0.25, -0.2) is 9.98 Å². The molecule has 0 atom stereocenters. The number of hydrogen-bond donors (Lipinski definition) is 2. The SMILES string of the molecule is O=C(NC1=N/C=C\CCCc2c1ncn2CCCCC1(C(=O)NCC(F)(F)F)c2ccccc2-c2ccccc21)c1ccccc1-c1ccc(C(F)(F)F)cc1. The molecule has 0 saturated carbocycles. The molecule has 0 saturated heterocycles. The van der Waals surface area contributed by atoms with Gasteiger partial charge in [-0.1, -0.05) is 84.9 Å². The first-order valence-electron chi connectivity index (χ1n) is 18.3. The van der Waals surface area contributed by atoms with E-state index in [9.17, 15) is 35.9 Å². The Labute approximate surface area is 319 Å². The number of rotatable bonds is 9. The Kier molecular flexibility index (Phi) is 10.7. The summed E-state index contributed by atoms with van der Waals surface area (Å²) in [6, 6.07) is 25.9. The monoisotopic (exact) mass is 769 g/mol. The van der Waals surface area contributed by atoms with Crippen molar-refractivity contribution >= 4 is 17.6 Å². The number of unbranched alkanes of at least 4 members (excludes halogenated alkanes) is 1. The quantitative estimate of drug-likeness (QED) is 0.116. The first-order chi connectivity index (χ1) is 26.9. The molecule has 288 valence electrons. The van der Waals surface area contributed by atoms with Crippen LogP contribution in [0.3, 0.4) is 0 Å². The third-order valence-corrected chi connectivity index (χ3v) is 10.3. The van der Waals surface area contributed by atoms with E-state index in [0.29, 0.717) is 53.8 Å². The van der Waals surface area contributed by atoms with Crippen LogP contribution in [-0.2, 0) is 29.4 Å². The number of benzene rings is 4. The molecule has 0 bridgehead atoms. The number of nitrogens with one attached hydrogen (secondary N) is 2. The summed E-state index contributed by atoms with van der Waals surface area (Å²) >= 11 is 0. The summed E-state index contributed by atoms with van der Waals surface area (Å²) in [5.74, 6) is -0.998. The lowest BCUT2D eigenvalue weighted by Crippen LogP contribution is -2.47. The van der Waals surface area contributed by atoms with Crippen LogP contribution in [0, 0.1) is 0 Å². The Morgan fingerprint density at radius 2 is 1.43 bits per heavy atom. The topological polar surface area (TPSA) is 88.4 Å². The predicted octanol–water partition coefficient (Wildman–Crippen LogP) is 9.41. The second-order valence-corrected chi connectivity index (χ2v) is 13.8. The number of amidine groups is 1. The Morgan fingerprint density at radius 1 is 0.786 bits per heavy atom. The highest BCUT2D eigenvalue weighted by molar-refractivity contribution is 6.14. The molecule has 1 aromatic heterocycles. The summed E-state index contributed by atoms with van der Waals surface area (Å²) in [5.41, 5.74) is 3.31. The normalized spacial score (nSPS) is 15.3. The fourth-order valence-electron chi connectivity index (χ4n) is 7.70. The van der Waals surface area contributed by atoms with Gasteiger partial charge < -0.3 is 15.2 Å². The van der Waals surface area contributed by atoms with Crippen molar-refractivity contribution in [3.8, 4) is 22.3 Å². The molecule has 0 spiro atoms. The molecule has 2 N–H and O–H groups in total. The van der Waals surface area contributed by atoms with Crippen LogP contribution in [0.5, 0.6) is 0 Å². The van der Waals surface area contributed by atoms with Crippen molar-refractivity contribution in [1.82, 2.24) is 20.2 Å². The molecule has 5 aromatic rings. The zero-order chi connectivity index (χ0) is 39.5. The average Bonchev–Trinajstić information content (AvgIpc) is 3.74. The number of nitrogens with zero attached hydrogens (tertiary/aromatic N) is 3. The number of aromatic nitrogens is 2. The molecule has 0 fully saturated rings. The van der Waals surface area contributed by atoms with Gasteiger partial charge in [-0.15, -0.1) is 0 Å². The molecule has 2 heterocycles. The number of carbonyl (C=O) groups excluding carboxylic acids is 2. The molecule has 2 amide bonds. The number of alkyl halides is 6. The third kappa shape index (κ3) is 7.75. The van der Waals surface area contributed by atoms with Crippen molar-refractivity contribution in [2.45, 2.75) is 62.8 Å². The number of halogens is 6. The summed E-state index contributed by atoms with van der Waals surface area (Å²) in [4.78, 5) is 36.9. The molecular weight excluding hydrogens is 732 g/mol. The number of aliphatic imine (C=N–C) groups is 1. The fourth-order valence-corrected chi connectivity index (χ4v) is 7.70. The van der Waals surface area contributed by atoms with Gasteiger partial charge in [0.05, 0.1) is 11.9 Å². The number of amides is 2. The van der Waals surface area contributed by atoms with E-state index in [1.807, 2.05) is 47.0 Å². The van der Waals surface area contributed by atoms with E-state index < -0.39 is 41.7 Å². The molecule has 0 radical (unpaired) electrons. The van der Waals surface area contributed by atoms with Crippen LogP contribution in [0.2, 0.25) is 0 Å². The second-order valence-electron chi connectivity index (χ2n) is 13.8. The number of allylic oxidation sites excluding steroid dienone is 1. The van der Waals surface area contributed by atoms with E-state index in [1.54, 1.807) is 48.9 Å². The minimum atomic E-state index is -4.57. The highest BCUT2D eigenvalue weighted by Gasteiger charge is 2.49. The van der Waals surface area contributed by atoms with Gasteiger partial charge in [0.25, 0.3) is 5.91 Å². The van der Waals surface area contributed by atoms with Crippen molar-refractivity contribution in [2.24, 2.45) is 4.99 Å². The largest absolute Gasteiger partial charge is 0.416 e. The molecular formula is C43H37F6N5O2. The zero-order valence-corrected chi connectivity index (χ0v) is 30.1. The van der Waals surface area contributed by atoms with Crippen LogP contribution in [-0.4, -0.2) is 39.9 Å². The highest BCUT2D eigenvalue weighted by atomic mass is 19.4. The number of aryl methyl sites for hydroxylation is 1. The van der Waals surface area contributed by atoms with Gasteiger partial charge >= 0.3 is 12.4 Å². The predicted molar refractivity (Wildman–Crippen MR) is 201 cm³/mol. The highest BCUT2D eigenvalue weighted by Crippen LogP contribution is 2.51. The van der Waals surface area contributed by atoms with E-state index >= 15 is 0 Å². The van der Waals surface area contributed by atoms with Gasteiger partial charge in [0, 0.05) is 24.0 Å². The van der Waals surface area contributed by atoms with Gasteiger partial charge in [-0.3, -0.25) is 9.59 Å². The van der Waals surface area contributed by atoms with Crippen molar-refractivity contribution in [3.63, 3.8) is 0 Å². The first-order valence-corrected chi connectivity index (χ1v) is 18.3. The lowest BCUT2D eigenvalue weighted by atomic mass is 9.73. The number of hydrogen-bond acceptors (Lipinski definition) is 4. The van der Waals surface area contributed by atoms with E-state index in [0.717, 1.165) is 41.8 Å². The zero-order valence-electron chi connectivity index (χ0n) is 30.1.